The molecule has 0 atom stereocenters. The van der Waals surface area contributed by atoms with Gasteiger partial charge in [-0.15, -0.1) is 11.3 Å². The highest BCUT2D eigenvalue weighted by atomic mass is 32.1. The molecule has 1 heterocycles. The van der Waals surface area contributed by atoms with E-state index in [1.165, 1.54) is 17.2 Å². The maximum Gasteiger partial charge on any atom is 0.150 e. The van der Waals surface area contributed by atoms with Crippen molar-refractivity contribution < 1.29 is 9.18 Å². The summed E-state index contributed by atoms with van der Waals surface area (Å²) in [5.41, 5.74) is 3.40. The molecule has 122 valence electrons. The number of carbonyl (C=O) groups is 1. The van der Waals surface area contributed by atoms with Crippen LogP contribution in [0.5, 0.6) is 0 Å². The molecule has 4 aromatic rings. The van der Waals surface area contributed by atoms with Crippen LogP contribution in [0.4, 0.5) is 4.39 Å². The molecule has 1 aromatic heterocycles. The smallest absolute Gasteiger partial charge is 0.150 e. The van der Waals surface area contributed by atoms with Crippen LogP contribution in [0.3, 0.4) is 0 Å². The second-order valence-corrected chi connectivity index (χ2v) is 7.09. The SMILES string of the molecule is O=Cc1ccc(-c2cc3cc(Cc4ccccc4)ccc3s2)c(F)c1. The molecule has 0 unspecified atom stereocenters. The Balaban J connectivity index is 1.70. The van der Waals surface area contributed by atoms with Gasteiger partial charge >= 0.3 is 0 Å². The Labute approximate surface area is 149 Å². The first-order valence-corrected chi connectivity index (χ1v) is 8.86. The van der Waals surface area contributed by atoms with E-state index in [-0.39, 0.29) is 5.82 Å². The molecule has 0 saturated carbocycles. The fraction of sp³-hybridized carbons (Fsp3) is 0.0455. The van der Waals surface area contributed by atoms with Gasteiger partial charge in [-0.25, -0.2) is 4.39 Å². The Kier molecular flexibility index (Phi) is 4.16. The molecule has 25 heavy (non-hydrogen) atoms. The molecule has 0 N–H and O–H groups in total. The van der Waals surface area contributed by atoms with Crippen molar-refractivity contribution in [1.29, 1.82) is 0 Å². The number of benzene rings is 3. The fourth-order valence-electron chi connectivity index (χ4n) is 2.97. The van der Waals surface area contributed by atoms with E-state index in [9.17, 15) is 9.18 Å². The number of thiophene rings is 1. The minimum atomic E-state index is -0.360. The number of hydrogen-bond acceptors (Lipinski definition) is 2. The summed E-state index contributed by atoms with van der Waals surface area (Å²) in [6, 6.07) is 23.4. The largest absolute Gasteiger partial charge is 0.298 e. The zero-order valence-electron chi connectivity index (χ0n) is 13.4. The van der Waals surface area contributed by atoms with Gasteiger partial charge in [0.15, 0.2) is 0 Å². The summed E-state index contributed by atoms with van der Waals surface area (Å²) in [6.45, 7) is 0. The van der Waals surface area contributed by atoms with Crippen molar-refractivity contribution >= 4 is 27.7 Å². The van der Waals surface area contributed by atoms with Crippen molar-refractivity contribution in [2.75, 3.05) is 0 Å². The maximum absolute atomic E-state index is 14.3. The highest BCUT2D eigenvalue weighted by molar-refractivity contribution is 7.22. The van der Waals surface area contributed by atoms with Crippen LogP contribution >= 0.6 is 11.3 Å². The molecule has 0 aliphatic rings. The monoisotopic (exact) mass is 346 g/mol. The Hall–Kier alpha value is -2.78. The van der Waals surface area contributed by atoms with Gasteiger partial charge in [0.25, 0.3) is 0 Å². The molecule has 0 aliphatic heterocycles. The molecule has 0 bridgehead atoms. The topological polar surface area (TPSA) is 17.1 Å². The van der Waals surface area contributed by atoms with E-state index in [0.717, 1.165) is 21.4 Å². The maximum atomic E-state index is 14.3. The number of fused-ring (bicyclic) bond motifs is 1. The van der Waals surface area contributed by atoms with Crippen LogP contribution in [0.1, 0.15) is 21.5 Å². The molecule has 3 heteroatoms. The molecule has 0 radical (unpaired) electrons. The van der Waals surface area contributed by atoms with E-state index in [4.69, 9.17) is 0 Å². The summed E-state index contributed by atoms with van der Waals surface area (Å²) in [6.07, 6.45) is 1.54. The number of rotatable bonds is 4. The standard InChI is InChI=1S/C22H15FOS/c23-20-12-17(14-24)6-8-19(20)22-13-18-11-16(7-9-21(18)25-22)10-15-4-2-1-3-5-15/h1-9,11-14H,10H2. The number of carbonyl (C=O) groups excluding carboxylic acids is 1. The third-order valence-corrected chi connectivity index (χ3v) is 5.38. The molecule has 0 amide bonds. The van der Waals surface area contributed by atoms with E-state index in [2.05, 4.69) is 30.3 Å². The molecule has 0 saturated heterocycles. The van der Waals surface area contributed by atoms with Crippen LogP contribution in [0.2, 0.25) is 0 Å². The fourth-order valence-corrected chi connectivity index (χ4v) is 4.04. The molecule has 0 aliphatic carbocycles. The van der Waals surface area contributed by atoms with Crippen molar-refractivity contribution in [3.05, 3.63) is 95.3 Å². The minimum Gasteiger partial charge on any atom is -0.298 e. The van der Waals surface area contributed by atoms with Gasteiger partial charge in [-0.2, -0.15) is 0 Å². The third kappa shape index (κ3) is 3.24. The average Bonchev–Trinajstić information content (AvgIpc) is 3.05. The quantitative estimate of drug-likeness (QED) is 0.407. The second-order valence-electron chi connectivity index (χ2n) is 6.00. The normalized spacial score (nSPS) is 10.9. The second kappa shape index (κ2) is 6.61. The molecule has 3 aromatic carbocycles. The lowest BCUT2D eigenvalue weighted by Gasteiger charge is -2.01. The summed E-state index contributed by atoms with van der Waals surface area (Å²) in [4.78, 5) is 11.6. The zero-order chi connectivity index (χ0) is 17.2. The minimum absolute atomic E-state index is 0.354. The van der Waals surface area contributed by atoms with Crippen LogP contribution in [0, 0.1) is 5.82 Å². The first-order valence-electron chi connectivity index (χ1n) is 8.04. The van der Waals surface area contributed by atoms with Gasteiger partial charge in [0.2, 0.25) is 0 Å². The molecule has 0 spiro atoms. The average molecular weight is 346 g/mol. The van der Waals surface area contributed by atoms with Crippen molar-refractivity contribution in [2.24, 2.45) is 0 Å². The van der Waals surface area contributed by atoms with Gasteiger partial charge in [0, 0.05) is 20.7 Å². The van der Waals surface area contributed by atoms with Gasteiger partial charge < -0.3 is 0 Å². The summed E-state index contributed by atoms with van der Waals surface area (Å²) in [5, 5.41) is 1.12. The number of hydrogen-bond donors (Lipinski definition) is 0. The van der Waals surface area contributed by atoms with Crippen LogP contribution in [0.25, 0.3) is 20.5 Å². The van der Waals surface area contributed by atoms with E-state index in [1.54, 1.807) is 23.5 Å². The predicted octanol–water partition coefficient (Wildman–Crippen LogP) is 6.11. The zero-order valence-corrected chi connectivity index (χ0v) is 14.2. The first-order chi connectivity index (χ1) is 12.2. The van der Waals surface area contributed by atoms with Gasteiger partial charge in [0.1, 0.15) is 12.1 Å². The summed E-state index contributed by atoms with van der Waals surface area (Å²) in [7, 11) is 0. The highest BCUT2D eigenvalue weighted by Crippen LogP contribution is 2.35. The Morgan fingerprint density at radius 3 is 2.48 bits per heavy atom. The van der Waals surface area contributed by atoms with Crippen LogP contribution in [-0.4, -0.2) is 6.29 Å². The van der Waals surface area contributed by atoms with Crippen LogP contribution in [-0.2, 0) is 6.42 Å². The van der Waals surface area contributed by atoms with Crippen molar-refractivity contribution in [2.45, 2.75) is 6.42 Å². The predicted molar refractivity (Wildman–Crippen MR) is 102 cm³/mol. The lowest BCUT2D eigenvalue weighted by molar-refractivity contribution is 0.112. The Morgan fingerprint density at radius 2 is 1.72 bits per heavy atom. The van der Waals surface area contributed by atoms with E-state index >= 15 is 0 Å². The Morgan fingerprint density at radius 1 is 0.880 bits per heavy atom. The molecular formula is C22H15FOS. The number of aldehydes is 1. The van der Waals surface area contributed by atoms with Gasteiger partial charge in [-0.3, -0.25) is 4.79 Å². The van der Waals surface area contributed by atoms with E-state index < -0.39 is 0 Å². The number of halogens is 1. The molecule has 0 fully saturated rings. The van der Waals surface area contributed by atoms with Gasteiger partial charge in [-0.1, -0.05) is 42.5 Å². The lowest BCUT2D eigenvalue weighted by Crippen LogP contribution is -1.86. The molecule has 1 nitrogen and oxygen atoms in total. The lowest BCUT2D eigenvalue weighted by atomic mass is 10.0. The van der Waals surface area contributed by atoms with Crippen molar-refractivity contribution in [1.82, 2.24) is 0 Å². The summed E-state index contributed by atoms with van der Waals surface area (Å²) in [5.74, 6) is -0.360. The van der Waals surface area contributed by atoms with Crippen molar-refractivity contribution in [3.63, 3.8) is 0 Å². The molecular weight excluding hydrogens is 331 g/mol. The van der Waals surface area contributed by atoms with Crippen LogP contribution in [0.15, 0.2) is 72.8 Å². The third-order valence-electron chi connectivity index (χ3n) is 4.23. The van der Waals surface area contributed by atoms with E-state index in [0.29, 0.717) is 17.4 Å². The summed E-state index contributed by atoms with van der Waals surface area (Å²) < 4.78 is 15.4. The Bertz CT molecular complexity index is 1050. The van der Waals surface area contributed by atoms with Gasteiger partial charge in [-0.05, 0) is 53.3 Å². The highest BCUT2D eigenvalue weighted by Gasteiger charge is 2.10. The van der Waals surface area contributed by atoms with E-state index in [1.807, 2.05) is 24.3 Å². The summed E-state index contributed by atoms with van der Waals surface area (Å²) >= 11 is 1.56. The molecule has 4 rings (SSSR count). The van der Waals surface area contributed by atoms with Crippen LogP contribution < -0.4 is 0 Å². The van der Waals surface area contributed by atoms with Gasteiger partial charge in [0.05, 0.1) is 0 Å². The van der Waals surface area contributed by atoms with Crippen molar-refractivity contribution in [3.8, 4) is 10.4 Å². The first kappa shape index (κ1) is 15.7.